The highest BCUT2D eigenvalue weighted by Crippen LogP contribution is 2.53. The van der Waals surface area contributed by atoms with E-state index >= 15 is 0 Å². The molecule has 294 valence electrons. The fourth-order valence-corrected chi connectivity index (χ4v) is 56.5. The Bertz CT molecular complexity index is 1310. The molecule has 1 unspecified atom stereocenters. The minimum Gasteiger partial charge on any atom is -0.482 e. The molecule has 23 heteroatoms. The summed E-state index contributed by atoms with van der Waals surface area (Å²) in [6.07, 6.45) is 1.39. The average molecular weight is 869 g/mol. The van der Waals surface area contributed by atoms with Gasteiger partial charge in [-0.05, 0) is 36.5 Å². The van der Waals surface area contributed by atoms with Gasteiger partial charge in [0, 0.05) is 48.4 Å². The van der Waals surface area contributed by atoms with Crippen LogP contribution < -0.4 is 4.74 Å². The summed E-state index contributed by atoms with van der Waals surface area (Å²) in [5.41, 5.74) is 1.23. The van der Waals surface area contributed by atoms with Crippen LogP contribution in [0.4, 0.5) is 0 Å². The SMILES string of the molecule is CCC(C)c1ccc(OCC(=O)OCCC[Si]23O[Si]4(CC)O[Si]5(CC)O[Si]6(CC)O[Si](CC)(O4)O[Si](CC)(O[Si](CC)(O6)O[Si](CC)(O5)O2)O3)cc1. The molecule has 6 saturated heterocycles. The monoisotopic (exact) mass is 868 g/mol. The number of hydrogen-bond donors (Lipinski definition) is 0. The third kappa shape index (κ3) is 7.97. The minimum atomic E-state index is -3.94. The van der Waals surface area contributed by atoms with E-state index in [2.05, 4.69) is 13.8 Å². The molecule has 8 bridgehead atoms. The Labute approximate surface area is 317 Å². The van der Waals surface area contributed by atoms with Crippen molar-refractivity contribution < 1.29 is 63.7 Å². The smallest absolute Gasteiger partial charge is 0.479 e. The van der Waals surface area contributed by atoms with Crippen LogP contribution in [0.25, 0.3) is 0 Å². The maximum Gasteiger partial charge on any atom is 0.479 e. The van der Waals surface area contributed by atoms with Crippen molar-refractivity contribution in [2.75, 3.05) is 13.2 Å². The first-order chi connectivity index (χ1) is 24.7. The number of ether oxygens (including phenoxy) is 2. The van der Waals surface area contributed by atoms with E-state index in [1.807, 2.05) is 72.7 Å². The predicted molar refractivity (Wildman–Crippen MR) is 203 cm³/mol. The molecule has 1 atom stereocenters. The van der Waals surface area contributed by atoms with Crippen molar-refractivity contribution in [1.29, 1.82) is 0 Å². The first-order valence-corrected chi connectivity index (χ1v) is 34.5. The van der Waals surface area contributed by atoms with Crippen molar-refractivity contribution in [3.8, 4) is 5.75 Å². The van der Waals surface area contributed by atoms with Crippen molar-refractivity contribution in [2.45, 2.75) is 129 Å². The van der Waals surface area contributed by atoms with Gasteiger partial charge < -0.3 is 58.9 Å². The number of esters is 1. The summed E-state index contributed by atoms with van der Waals surface area (Å²) in [4.78, 5) is 12.8. The molecule has 6 fully saturated rings. The summed E-state index contributed by atoms with van der Waals surface area (Å²) in [5.74, 6) is 0.568. The first kappa shape index (κ1) is 41.4. The largest absolute Gasteiger partial charge is 0.482 e. The van der Waals surface area contributed by atoms with Crippen molar-refractivity contribution in [1.82, 2.24) is 0 Å². The fourth-order valence-electron chi connectivity index (χ4n) is 6.80. The van der Waals surface area contributed by atoms with Gasteiger partial charge in [0.25, 0.3) is 0 Å². The van der Waals surface area contributed by atoms with Gasteiger partial charge in [0.1, 0.15) is 5.75 Å². The molecule has 0 N–H and O–H groups in total. The molecular formula is C29H56O15Si8. The molecule has 15 nitrogen and oxygen atoms in total. The molecular weight excluding hydrogens is 813 g/mol. The van der Waals surface area contributed by atoms with E-state index in [1.54, 1.807) is 0 Å². The van der Waals surface area contributed by atoms with Crippen molar-refractivity contribution >= 4 is 76.4 Å². The average Bonchev–Trinajstić information content (AvgIpc) is 3.11. The van der Waals surface area contributed by atoms with Crippen molar-refractivity contribution in [3.63, 3.8) is 0 Å². The van der Waals surface area contributed by atoms with Gasteiger partial charge >= 0.3 is 76.4 Å². The quantitative estimate of drug-likeness (QED) is 0.102. The Morgan fingerprint density at radius 1 is 0.538 bits per heavy atom. The Hall–Kier alpha value is -0.255. The normalized spacial score (nSPS) is 41.4. The minimum absolute atomic E-state index is 0.0715. The predicted octanol–water partition coefficient (Wildman–Crippen LogP) is 6.43. The summed E-state index contributed by atoms with van der Waals surface area (Å²) >= 11 is 0. The molecule has 1 aromatic carbocycles. The van der Waals surface area contributed by atoms with Gasteiger partial charge in [-0.2, -0.15) is 0 Å². The van der Waals surface area contributed by atoms with Crippen molar-refractivity contribution in [3.05, 3.63) is 29.8 Å². The third-order valence-electron chi connectivity index (χ3n) is 10.1. The number of carbonyl (C=O) groups is 1. The van der Waals surface area contributed by atoms with E-state index in [0.717, 1.165) is 6.42 Å². The highest BCUT2D eigenvalue weighted by Gasteiger charge is 2.81. The van der Waals surface area contributed by atoms with Crippen LogP contribution in [-0.2, 0) is 58.9 Å². The van der Waals surface area contributed by atoms with Gasteiger partial charge in [0.15, 0.2) is 6.61 Å². The lowest BCUT2D eigenvalue weighted by Gasteiger charge is -2.63. The number of hydrogen-bond acceptors (Lipinski definition) is 15. The molecule has 7 rings (SSSR count). The van der Waals surface area contributed by atoms with Gasteiger partial charge in [-0.25, -0.2) is 4.79 Å². The first-order valence-electron chi connectivity index (χ1n) is 19.0. The topological polar surface area (TPSA) is 146 Å². The van der Waals surface area contributed by atoms with Gasteiger partial charge in [0.05, 0.1) is 6.61 Å². The maximum atomic E-state index is 12.8. The van der Waals surface area contributed by atoms with Crippen LogP contribution >= 0.6 is 0 Å². The molecule has 52 heavy (non-hydrogen) atoms. The van der Waals surface area contributed by atoms with Crippen LogP contribution in [0.15, 0.2) is 24.3 Å². The molecule has 6 aliphatic rings. The zero-order valence-corrected chi connectivity index (χ0v) is 40.0. The van der Waals surface area contributed by atoms with Crippen LogP contribution in [0.5, 0.6) is 5.75 Å². The highest BCUT2D eigenvalue weighted by molar-refractivity contribution is 7.03. The van der Waals surface area contributed by atoms with Crippen LogP contribution in [0.3, 0.4) is 0 Å². The number of benzene rings is 1. The summed E-state index contributed by atoms with van der Waals surface area (Å²) in [7, 11) is -30.0. The Balaban J connectivity index is 1.31. The highest BCUT2D eigenvalue weighted by atomic mass is 28.6. The molecule has 0 spiro atoms. The second-order valence-electron chi connectivity index (χ2n) is 13.7. The van der Waals surface area contributed by atoms with Crippen LogP contribution in [0.1, 0.15) is 86.6 Å². The zero-order chi connectivity index (χ0) is 37.5. The molecule has 0 aliphatic carbocycles. The van der Waals surface area contributed by atoms with Gasteiger partial charge in [-0.3, -0.25) is 0 Å². The van der Waals surface area contributed by atoms with E-state index in [1.165, 1.54) is 5.56 Å². The zero-order valence-electron chi connectivity index (χ0n) is 32.0. The molecule has 6 heterocycles. The standard InChI is InChI=1S/C29H56O15Si8/c1-10-26(9)27-19-21-28(22-20-27)32-25-29(30)31-23-18-24-52-42-49(15-6)36-46(12-3)33-45(11-2)34-47(13-4,38-49)40-51(17-8,44-52)41-48(14-5,35-45)39-50(16-7,37-46)43-52/h19-22,26H,10-18,23-25H2,1-9H3. The molecule has 6 aliphatic heterocycles. The van der Waals surface area contributed by atoms with E-state index in [9.17, 15) is 4.79 Å². The molecule has 0 aromatic heterocycles. The molecule has 0 saturated carbocycles. The van der Waals surface area contributed by atoms with E-state index in [-0.39, 0.29) is 19.3 Å². The summed E-state index contributed by atoms with van der Waals surface area (Å²) in [6, 6.07) is 10.7. The number of rotatable bonds is 16. The van der Waals surface area contributed by atoms with Crippen LogP contribution in [0, 0.1) is 0 Å². The van der Waals surface area contributed by atoms with E-state index < -0.39 is 76.4 Å². The molecule has 0 amide bonds. The lowest BCUT2D eigenvalue weighted by molar-refractivity contribution is -0.146. The Morgan fingerprint density at radius 2 is 0.865 bits per heavy atom. The van der Waals surface area contributed by atoms with Crippen LogP contribution in [-0.4, -0.2) is 89.6 Å². The summed E-state index contributed by atoms with van der Waals surface area (Å²) in [5, 5.41) is 0. The van der Waals surface area contributed by atoms with Gasteiger partial charge in [0.2, 0.25) is 0 Å². The summed E-state index contributed by atoms with van der Waals surface area (Å²) in [6.45, 7) is 17.9. The number of carbonyl (C=O) groups excluding carboxylic acids is 1. The maximum absolute atomic E-state index is 12.8. The Kier molecular flexibility index (Phi) is 12.4. The van der Waals surface area contributed by atoms with Gasteiger partial charge in [-0.15, -0.1) is 0 Å². The summed E-state index contributed by atoms with van der Waals surface area (Å²) < 4.78 is 97.3. The lowest BCUT2D eigenvalue weighted by atomic mass is 9.99. The third-order valence-corrected chi connectivity index (χ3v) is 47.0. The van der Waals surface area contributed by atoms with Gasteiger partial charge in [-0.1, -0.05) is 74.4 Å². The van der Waals surface area contributed by atoms with Crippen LogP contribution in [0.2, 0.25) is 48.4 Å². The van der Waals surface area contributed by atoms with E-state index in [0.29, 0.717) is 60.4 Å². The fraction of sp³-hybridized carbons (Fsp3) is 0.759. The Morgan fingerprint density at radius 3 is 1.17 bits per heavy atom. The molecule has 1 aromatic rings. The molecule has 0 radical (unpaired) electrons. The van der Waals surface area contributed by atoms with E-state index in [4.69, 9.17) is 58.9 Å². The second kappa shape index (κ2) is 15.6. The second-order valence-corrected chi connectivity index (χ2v) is 39.8. The lowest BCUT2D eigenvalue weighted by Crippen LogP contribution is -2.88. The van der Waals surface area contributed by atoms with Crippen molar-refractivity contribution in [2.24, 2.45) is 0 Å².